The maximum absolute atomic E-state index is 4.94. The van der Waals surface area contributed by atoms with Crippen LogP contribution in [0.25, 0.3) is 0 Å². The molecule has 0 unspecified atom stereocenters. The first-order chi connectivity index (χ1) is 5.74. The molecule has 1 heterocycles. The molecule has 0 aromatic carbocycles. The van der Waals surface area contributed by atoms with Crippen molar-refractivity contribution in [2.24, 2.45) is 0 Å². The fourth-order valence-electron chi connectivity index (χ4n) is 0.880. The van der Waals surface area contributed by atoms with Crippen molar-refractivity contribution in [1.29, 1.82) is 0 Å². The van der Waals surface area contributed by atoms with Gasteiger partial charge in [-0.05, 0) is 38.3 Å². The molecule has 12 heavy (non-hydrogen) atoms. The average molecular weight is 298 g/mol. The Morgan fingerprint density at radius 2 is 2.33 bits per heavy atom. The van der Waals surface area contributed by atoms with E-state index in [0.29, 0.717) is 0 Å². The summed E-state index contributed by atoms with van der Waals surface area (Å²) in [5.74, 6) is 0. The Labute approximate surface area is 88.3 Å². The van der Waals surface area contributed by atoms with Gasteiger partial charge in [0.05, 0.1) is 0 Å². The van der Waals surface area contributed by atoms with Gasteiger partial charge in [0.15, 0.2) is 0 Å². The third-order valence-electron chi connectivity index (χ3n) is 1.42. The van der Waals surface area contributed by atoms with Gasteiger partial charge in [-0.2, -0.15) is 5.10 Å². The maximum Gasteiger partial charge on any atom is 0.129 e. The molecule has 0 saturated heterocycles. The fraction of sp³-hybridized carbons (Fsp3) is 0.571. The summed E-state index contributed by atoms with van der Waals surface area (Å²) in [4.78, 5) is 0. The largest absolute Gasteiger partial charge is 0.385 e. The lowest BCUT2D eigenvalue weighted by Crippen LogP contribution is -2.03. The first-order valence-corrected chi connectivity index (χ1v) is 5.20. The minimum atomic E-state index is 0.768. The third-order valence-corrected chi connectivity index (χ3v) is 2.45. The van der Waals surface area contributed by atoms with Crippen LogP contribution in [0.1, 0.15) is 6.42 Å². The molecule has 1 aromatic heterocycles. The molecule has 0 radical (unpaired) electrons. The van der Waals surface area contributed by atoms with Crippen LogP contribution >= 0.6 is 31.9 Å². The number of hydrogen-bond acceptors (Lipinski definition) is 2. The van der Waals surface area contributed by atoms with E-state index in [9.17, 15) is 0 Å². The zero-order chi connectivity index (χ0) is 8.97. The molecule has 0 saturated carbocycles. The van der Waals surface area contributed by atoms with Gasteiger partial charge in [0, 0.05) is 26.3 Å². The molecule has 0 amide bonds. The molecule has 0 aliphatic carbocycles. The lowest BCUT2D eigenvalue weighted by atomic mass is 10.4. The maximum atomic E-state index is 4.94. The van der Waals surface area contributed by atoms with E-state index in [4.69, 9.17) is 4.74 Å². The number of methoxy groups -OCH3 is 1. The minimum Gasteiger partial charge on any atom is -0.385 e. The fourth-order valence-corrected chi connectivity index (χ4v) is 2.07. The Bertz CT molecular complexity index is 250. The summed E-state index contributed by atoms with van der Waals surface area (Å²) in [6, 6.07) is 1.92. The van der Waals surface area contributed by atoms with Crippen molar-refractivity contribution in [3.8, 4) is 0 Å². The molecule has 3 nitrogen and oxygen atoms in total. The van der Waals surface area contributed by atoms with Crippen LogP contribution in [0, 0.1) is 0 Å². The highest BCUT2D eigenvalue weighted by molar-refractivity contribution is 9.11. The van der Waals surface area contributed by atoms with Gasteiger partial charge in [-0.15, -0.1) is 0 Å². The third kappa shape index (κ3) is 2.88. The van der Waals surface area contributed by atoms with E-state index >= 15 is 0 Å². The molecular weight excluding hydrogens is 288 g/mol. The van der Waals surface area contributed by atoms with Crippen molar-refractivity contribution in [2.75, 3.05) is 13.7 Å². The van der Waals surface area contributed by atoms with Crippen LogP contribution in [0.2, 0.25) is 0 Å². The molecule has 0 bridgehead atoms. The van der Waals surface area contributed by atoms with Crippen molar-refractivity contribution in [1.82, 2.24) is 9.78 Å². The quantitative estimate of drug-likeness (QED) is 0.798. The molecule has 0 aliphatic heterocycles. The Morgan fingerprint density at radius 1 is 1.58 bits per heavy atom. The highest BCUT2D eigenvalue weighted by Crippen LogP contribution is 2.16. The van der Waals surface area contributed by atoms with Crippen molar-refractivity contribution >= 4 is 31.9 Å². The van der Waals surface area contributed by atoms with Gasteiger partial charge < -0.3 is 4.74 Å². The highest BCUT2D eigenvalue weighted by Gasteiger charge is 2.01. The summed E-state index contributed by atoms with van der Waals surface area (Å²) in [6.07, 6.45) is 0.975. The number of rotatable bonds is 4. The molecule has 1 aromatic rings. The number of halogens is 2. The van der Waals surface area contributed by atoms with E-state index in [1.165, 1.54) is 0 Å². The van der Waals surface area contributed by atoms with E-state index in [1.807, 2.05) is 10.7 Å². The topological polar surface area (TPSA) is 27.1 Å². The van der Waals surface area contributed by atoms with Crippen LogP contribution in [0.5, 0.6) is 0 Å². The lowest BCUT2D eigenvalue weighted by Gasteiger charge is -2.01. The smallest absolute Gasteiger partial charge is 0.129 e. The molecule has 0 fully saturated rings. The number of aryl methyl sites for hydroxylation is 1. The van der Waals surface area contributed by atoms with Crippen molar-refractivity contribution in [2.45, 2.75) is 13.0 Å². The highest BCUT2D eigenvalue weighted by atomic mass is 79.9. The van der Waals surface area contributed by atoms with Gasteiger partial charge >= 0.3 is 0 Å². The van der Waals surface area contributed by atoms with E-state index in [2.05, 4.69) is 37.0 Å². The molecular formula is C7H10Br2N2O. The second-order valence-electron chi connectivity index (χ2n) is 2.36. The van der Waals surface area contributed by atoms with Crippen molar-refractivity contribution < 1.29 is 4.74 Å². The van der Waals surface area contributed by atoms with Crippen LogP contribution in [0.4, 0.5) is 0 Å². The predicted molar refractivity (Wildman–Crippen MR) is 54.1 cm³/mol. The van der Waals surface area contributed by atoms with Crippen molar-refractivity contribution in [3.63, 3.8) is 0 Å². The summed E-state index contributed by atoms with van der Waals surface area (Å²) in [6.45, 7) is 1.64. The van der Waals surface area contributed by atoms with Crippen molar-refractivity contribution in [3.05, 3.63) is 15.3 Å². The van der Waals surface area contributed by atoms with Gasteiger partial charge in [-0.25, -0.2) is 0 Å². The summed E-state index contributed by atoms with van der Waals surface area (Å²) >= 11 is 6.70. The summed E-state index contributed by atoms with van der Waals surface area (Å²) in [5.41, 5.74) is 0. The van der Waals surface area contributed by atoms with Gasteiger partial charge in [-0.1, -0.05) is 0 Å². The summed E-state index contributed by atoms with van der Waals surface area (Å²) in [7, 11) is 1.70. The lowest BCUT2D eigenvalue weighted by molar-refractivity contribution is 0.188. The molecule has 68 valence electrons. The normalized spacial score (nSPS) is 10.6. The number of ether oxygens (including phenoxy) is 1. The molecule has 1 rings (SSSR count). The van der Waals surface area contributed by atoms with Gasteiger partial charge in [-0.3, -0.25) is 4.68 Å². The van der Waals surface area contributed by atoms with Gasteiger partial charge in [0.2, 0.25) is 0 Å². The van der Waals surface area contributed by atoms with Crippen LogP contribution < -0.4 is 0 Å². The molecule has 0 N–H and O–H groups in total. The van der Waals surface area contributed by atoms with Gasteiger partial charge in [0.1, 0.15) is 9.21 Å². The van der Waals surface area contributed by atoms with Gasteiger partial charge in [0.25, 0.3) is 0 Å². The van der Waals surface area contributed by atoms with E-state index in [0.717, 1.165) is 28.8 Å². The SMILES string of the molecule is COCCCn1nc(Br)cc1Br. The standard InChI is InChI=1S/C7H10Br2N2O/c1-12-4-2-3-11-7(9)5-6(8)10-11/h5H,2-4H2,1H3. The Kier molecular flexibility index (Phi) is 4.25. The number of hydrogen-bond donors (Lipinski definition) is 0. The number of aromatic nitrogens is 2. The molecule has 0 aliphatic rings. The minimum absolute atomic E-state index is 0.768. The van der Waals surface area contributed by atoms with E-state index in [-0.39, 0.29) is 0 Å². The van der Waals surface area contributed by atoms with Crippen LogP contribution in [-0.4, -0.2) is 23.5 Å². The summed E-state index contributed by atoms with van der Waals surface area (Å²) in [5, 5.41) is 4.21. The Morgan fingerprint density at radius 3 is 2.83 bits per heavy atom. The zero-order valence-electron chi connectivity index (χ0n) is 6.76. The first-order valence-electron chi connectivity index (χ1n) is 3.62. The predicted octanol–water partition coefficient (Wildman–Crippen LogP) is 2.44. The zero-order valence-corrected chi connectivity index (χ0v) is 9.93. The van der Waals surface area contributed by atoms with E-state index in [1.54, 1.807) is 7.11 Å². The molecule has 5 heteroatoms. The van der Waals surface area contributed by atoms with Crippen LogP contribution in [-0.2, 0) is 11.3 Å². The Balaban J connectivity index is 2.45. The monoisotopic (exact) mass is 296 g/mol. The molecule has 0 spiro atoms. The Hall–Kier alpha value is 0.130. The average Bonchev–Trinajstić information content (AvgIpc) is 2.31. The molecule has 0 atom stereocenters. The van der Waals surface area contributed by atoms with Crippen LogP contribution in [0.15, 0.2) is 15.3 Å². The van der Waals surface area contributed by atoms with Crippen LogP contribution in [0.3, 0.4) is 0 Å². The van der Waals surface area contributed by atoms with E-state index < -0.39 is 0 Å². The first kappa shape index (κ1) is 10.2. The number of nitrogens with zero attached hydrogens (tertiary/aromatic N) is 2. The summed E-state index contributed by atoms with van der Waals surface area (Å²) < 4.78 is 8.68. The second-order valence-corrected chi connectivity index (χ2v) is 3.98. The second kappa shape index (κ2) is 4.99.